The number of hydrogen-bond acceptors (Lipinski definition) is 3. The molecule has 1 unspecified atom stereocenters. The lowest BCUT2D eigenvalue weighted by molar-refractivity contribution is 0.610. The summed E-state index contributed by atoms with van der Waals surface area (Å²) in [7, 11) is 1.81. The minimum Gasteiger partial charge on any atom is -0.309 e. The molecule has 0 aliphatic carbocycles. The summed E-state index contributed by atoms with van der Waals surface area (Å²) in [5.41, 5.74) is 0.750. The highest BCUT2D eigenvalue weighted by Crippen LogP contribution is 2.33. The molecule has 2 aromatic heterocycles. The second-order valence-corrected chi connectivity index (χ2v) is 5.60. The van der Waals surface area contributed by atoms with Crippen molar-refractivity contribution < 1.29 is 8.78 Å². The van der Waals surface area contributed by atoms with Crippen LogP contribution in [-0.4, -0.2) is 12.0 Å². The van der Waals surface area contributed by atoms with Crippen LogP contribution >= 0.6 is 11.3 Å². The van der Waals surface area contributed by atoms with E-state index in [4.69, 9.17) is 0 Å². The number of aromatic nitrogens is 1. The zero-order valence-corrected chi connectivity index (χ0v) is 11.5. The molecule has 1 atom stereocenters. The fourth-order valence-electron chi connectivity index (χ4n) is 2.23. The van der Waals surface area contributed by atoms with Crippen molar-refractivity contribution in [1.29, 1.82) is 0 Å². The van der Waals surface area contributed by atoms with Crippen LogP contribution in [0.3, 0.4) is 0 Å². The maximum absolute atomic E-state index is 13.3. The van der Waals surface area contributed by atoms with Crippen molar-refractivity contribution in [3.63, 3.8) is 0 Å². The Kier molecular flexibility index (Phi) is 3.46. The Morgan fingerprint density at radius 1 is 1.10 bits per heavy atom. The van der Waals surface area contributed by atoms with Crippen LogP contribution in [0.1, 0.15) is 16.5 Å². The highest BCUT2D eigenvalue weighted by atomic mass is 32.1. The fourth-order valence-corrected chi connectivity index (χ4v) is 3.46. The molecule has 1 N–H and O–H groups in total. The van der Waals surface area contributed by atoms with Gasteiger partial charge in [0.25, 0.3) is 0 Å². The quantitative estimate of drug-likeness (QED) is 0.791. The van der Waals surface area contributed by atoms with Crippen molar-refractivity contribution in [2.75, 3.05) is 7.05 Å². The molecule has 0 spiro atoms. The van der Waals surface area contributed by atoms with E-state index in [2.05, 4.69) is 10.3 Å². The lowest BCUT2D eigenvalue weighted by atomic mass is 10.1. The Labute approximate surface area is 119 Å². The third-order valence-electron chi connectivity index (χ3n) is 3.13. The van der Waals surface area contributed by atoms with Gasteiger partial charge in [-0.05, 0) is 42.3 Å². The smallest absolute Gasteiger partial charge is 0.141 e. The number of fused-ring (bicyclic) bond motifs is 1. The van der Waals surface area contributed by atoms with Crippen LogP contribution in [0.4, 0.5) is 8.78 Å². The van der Waals surface area contributed by atoms with E-state index < -0.39 is 0 Å². The van der Waals surface area contributed by atoms with Gasteiger partial charge in [0.15, 0.2) is 0 Å². The van der Waals surface area contributed by atoms with Crippen LogP contribution < -0.4 is 5.32 Å². The van der Waals surface area contributed by atoms with Crippen LogP contribution in [0.2, 0.25) is 0 Å². The zero-order valence-electron chi connectivity index (χ0n) is 10.7. The first-order valence-electron chi connectivity index (χ1n) is 6.14. The summed E-state index contributed by atoms with van der Waals surface area (Å²) in [5.74, 6) is -0.616. The lowest BCUT2D eigenvalue weighted by Gasteiger charge is -2.14. The highest BCUT2D eigenvalue weighted by Gasteiger charge is 2.16. The maximum Gasteiger partial charge on any atom is 0.141 e. The van der Waals surface area contributed by atoms with Gasteiger partial charge in [0.1, 0.15) is 11.6 Å². The molecule has 0 amide bonds. The van der Waals surface area contributed by atoms with E-state index in [0.29, 0.717) is 0 Å². The van der Waals surface area contributed by atoms with Gasteiger partial charge in [-0.15, -0.1) is 11.3 Å². The molecular formula is C15H12F2N2S. The Balaban J connectivity index is 2.07. The Bertz CT molecular complexity index is 754. The van der Waals surface area contributed by atoms with Crippen molar-refractivity contribution >= 4 is 21.4 Å². The minimum atomic E-state index is -0.366. The second kappa shape index (κ2) is 5.26. The van der Waals surface area contributed by atoms with Crippen LogP contribution in [0, 0.1) is 11.6 Å². The van der Waals surface area contributed by atoms with Gasteiger partial charge >= 0.3 is 0 Å². The monoisotopic (exact) mass is 290 g/mol. The lowest BCUT2D eigenvalue weighted by Crippen LogP contribution is -2.16. The topological polar surface area (TPSA) is 24.9 Å². The third-order valence-corrected chi connectivity index (χ3v) is 4.30. The molecule has 0 aliphatic rings. The first-order valence-corrected chi connectivity index (χ1v) is 6.96. The molecule has 102 valence electrons. The Morgan fingerprint density at radius 2 is 1.95 bits per heavy atom. The summed E-state index contributed by atoms with van der Waals surface area (Å²) in [6.07, 6.45) is 2.81. The van der Waals surface area contributed by atoms with Crippen LogP contribution in [0.5, 0.6) is 0 Å². The molecule has 0 radical (unpaired) electrons. The van der Waals surface area contributed by atoms with E-state index in [0.717, 1.165) is 20.5 Å². The summed E-state index contributed by atoms with van der Waals surface area (Å²) < 4.78 is 27.4. The fraction of sp³-hybridized carbons (Fsp3) is 0.133. The van der Waals surface area contributed by atoms with E-state index in [-0.39, 0.29) is 17.7 Å². The number of halogens is 2. The largest absolute Gasteiger partial charge is 0.309 e. The van der Waals surface area contributed by atoms with E-state index >= 15 is 0 Å². The van der Waals surface area contributed by atoms with Crippen molar-refractivity contribution in [3.05, 3.63) is 64.8 Å². The summed E-state index contributed by atoms with van der Waals surface area (Å²) in [4.78, 5) is 4.88. The highest BCUT2D eigenvalue weighted by molar-refractivity contribution is 7.19. The third kappa shape index (κ3) is 2.42. The van der Waals surface area contributed by atoms with Gasteiger partial charge in [-0.25, -0.2) is 8.78 Å². The number of thiophene rings is 1. The first-order chi connectivity index (χ1) is 9.67. The van der Waals surface area contributed by atoms with E-state index in [1.807, 2.05) is 6.07 Å². The predicted molar refractivity (Wildman–Crippen MR) is 76.9 cm³/mol. The molecule has 20 heavy (non-hydrogen) atoms. The van der Waals surface area contributed by atoms with Crippen LogP contribution in [0.25, 0.3) is 10.1 Å². The maximum atomic E-state index is 13.3. The molecule has 3 aromatic rings. The molecule has 2 nitrogen and oxygen atoms in total. The van der Waals surface area contributed by atoms with E-state index in [1.165, 1.54) is 35.7 Å². The van der Waals surface area contributed by atoms with Crippen molar-refractivity contribution in [2.24, 2.45) is 0 Å². The molecule has 3 rings (SSSR count). The average molecular weight is 290 g/mol. The van der Waals surface area contributed by atoms with Gasteiger partial charge in [0.2, 0.25) is 0 Å². The van der Waals surface area contributed by atoms with E-state index in [9.17, 15) is 8.78 Å². The molecule has 1 aromatic carbocycles. The van der Waals surface area contributed by atoms with Gasteiger partial charge in [0.05, 0.1) is 12.2 Å². The summed E-state index contributed by atoms with van der Waals surface area (Å²) in [6.45, 7) is 0. The van der Waals surface area contributed by atoms with Gasteiger partial charge in [-0.1, -0.05) is 6.07 Å². The predicted octanol–water partition coefficient (Wildman–Crippen LogP) is 3.88. The Hall–Kier alpha value is -1.85. The molecule has 5 heteroatoms. The summed E-state index contributed by atoms with van der Waals surface area (Å²) >= 11 is 1.49. The summed E-state index contributed by atoms with van der Waals surface area (Å²) in [6, 6.07) is 8.00. The van der Waals surface area contributed by atoms with Gasteiger partial charge < -0.3 is 5.32 Å². The van der Waals surface area contributed by atoms with E-state index in [1.54, 1.807) is 19.3 Å². The van der Waals surface area contributed by atoms with Crippen molar-refractivity contribution in [3.8, 4) is 0 Å². The van der Waals surface area contributed by atoms with Gasteiger partial charge in [-0.2, -0.15) is 0 Å². The Morgan fingerprint density at radius 3 is 2.70 bits per heavy atom. The SMILES string of the molecule is CNC(c1cncc(F)c1)c1cc2ccc(F)cc2s1. The van der Waals surface area contributed by atoms with Gasteiger partial charge in [0, 0.05) is 15.8 Å². The zero-order chi connectivity index (χ0) is 14.1. The number of nitrogens with one attached hydrogen (secondary N) is 1. The number of benzene rings is 1. The van der Waals surface area contributed by atoms with Crippen molar-refractivity contribution in [1.82, 2.24) is 10.3 Å². The molecule has 2 heterocycles. The molecule has 0 bridgehead atoms. The minimum absolute atomic E-state index is 0.154. The van der Waals surface area contributed by atoms with Gasteiger partial charge in [-0.3, -0.25) is 4.98 Å². The first kappa shape index (κ1) is 13.1. The average Bonchev–Trinajstić information content (AvgIpc) is 2.82. The number of nitrogens with zero attached hydrogens (tertiary/aromatic N) is 1. The number of rotatable bonds is 3. The molecule has 0 saturated carbocycles. The van der Waals surface area contributed by atoms with Crippen LogP contribution in [-0.2, 0) is 0 Å². The molecule has 0 aliphatic heterocycles. The normalized spacial score (nSPS) is 12.8. The number of pyridine rings is 1. The number of hydrogen-bond donors (Lipinski definition) is 1. The molecular weight excluding hydrogens is 278 g/mol. The van der Waals surface area contributed by atoms with Crippen molar-refractivity contribution in [2.45, 2.75) is 6.04 Å². The second-order valence-electron chi connectivity index (χ2n) is 4.49. The molecule has 0 saturated heterocycles. The van der Waals surface area contributed by atoms with Crippen LogP contribution in [0.15, 0.2) is 42.7 Å². The molecule has 0 fully saturated rings. The summed E-state index contributed by atoms with van der Waals surface area (Å²) in [5, 5.41) is 4.13. The standard InChI is InChI=1S/C15H12F2N2S/c1-18-15(10-4-12(17)8-19-7-10)14-5-9-2-3-11(16)6-13(9)20-14/h2-8,15,18H,1H3.